The van der Waals surface area contributed by atoms with Crippen molar-refractivity contribution in [2.24, 2.45) is 17.8 Å². The summed E-state index contributed by atoms with van der Waals surface area (Å²) in [5.41, 5.74) is 0. The molecule has 0 aromatic heterocycles. The fraction of sp³-hybridized carbons (Fsp3) is 0.925. The Labute approximate surface area is 853 Å². The number of carbonyl (C=O) groups is 8. The van der Waals surface area contributed by atoms with E-state index in [1.807, 2.05) is 44.1 Å². The molecular weight excluding hydrogens is 1790 g/mol. The van der Waals surface area contributed by atoms with Crippen molar-refractivity contribution in [2.45, 2.75) is 325 Å². The monoisotopic (exact) mass is 1990 g/mol. The van der Waals surface area contributed by atoms with Crippen LogP contribution in [0.25, 0.3) is 0 Å². The first-order chi connectivity index (χ1) is 67.6. The number of amides is 12. The maximum absolute atomic E-state index is 13.0. The molecule has 15 aliphatic heterocycles. The summed E-state index contributed by atoms with van der Waals surface area (Å²) in [5.74, 6) is 2.51. The summed E-state index contributed by atoms with van der Waals surface area (Å²) in [6.45, 7) is 80.7. The Hall–Kier alpha value is -5.63. The number of ether oxygens (including phenoxy) is 3. The molecule has 33 nitrogen and oxygen atoms in total. The largest absolute Gasteiger partial charge is 0.384 e. The molecule has 34 heteroatoms. The second kappa shape index (κ2) is 62.6. The lowest BCUT2D eigenvalue weighted by Crippen LogP contribution is -2.55. The van der Waals surface area contributed by atoms with Gasteiger partial charge in [0.15, 0.2) is 0 Å². The number of alkyl halides is 1. The fourth-order valence-corrected chi connectivity index (χ4v) is 22.4. The van der Waals surface area contributed by atoms with E-state index < -0.39 is 6.17 Å². The van der Waals surface area contributed by atoms with Crippen LogP contribution in [0.5, 0.6) is 0 Å². The van der Waals surface area contributed by atoms with Crippen LogP contribution in [-0.4, -0.2) is 526 Å². The lowest BCUT2D eigenvalue weighted by atomic mass is 9.88. The highest BCUT2D eigenvalue weighted by Gasteiger charge is 2.40. The van der Waals surface area contributed by atoms with Crippen LogP contribution in [0, 0.1) is 17.8 Å². The van der Waals surface area contributed by atoms with Gasteiger partial charge in [-0.05, 0) is 241 Å². The van der Waals surface area contributed by atoms with Gasteiger partial charge < -0.3 is 83.6 Å². The minimum Gasteiger partial charge on any atom is -0.384 e. The fourth-order valence-electron chi connectivity index (χ4n) is 22.4. The molecule has 0 radical (unpaired) electrons. The van der Waals surface area contributed by atoms with E-state index in [0.717, 1.165) is 339 Å². The van der Waals surface area contributed by atoms with Crippen LogP contribution < -0.4 is 10.6 Å². The zero-order valence-corrected chi connectivity index (χ0v) is 92.3. The number of methoxy groups -OCH3 is 1. The highest BCUT2D eigenvalue weighted by Crippen LogP contribution is 2.29. The van der Waals surface area contributed by atoms with Crippen molar-refractivity contribution >= 4 is 47.8 Å². The highest BCUT2D eigenvalue weighted by molar-refractivity contribution is 5.83. The van der Waals surface area contributed by atoms with Crippen LogP contribution in [0.2, 0.25) is 0 Å². The summed E-state index contributed by atoms with van der Waals surface area (Å²) in [5, 5.41) is 6.66. The molecule has 141 heavy (non-hydrogen) atoms. The first-order valence-electron chi connectivity index (χ1n) is 56.6. The maximum Gasteiger partial charge on any atom is 0.320 e. The smallest absolute Gasteiger partial charge is 0.320 e. The van der Waals surface area contributed by atoms with Crippen molar-refractivity contribution in [1.29, 1.82) is 0 Å². The maximum atomic E-state index is 13.0. The minimum absolute atomic E-state index is 0.0920. The number of urea groups is 4. The van der Waals surface area contributed by atoms with Gasteiger partial charge in [0.05, 0.1) is 24.9 Å². The molecule has 0 aromatic carbocycles. The van der Waals surface area contributed by atoms with E-state index in [1.165, 1.54) is 51.4 Å². The lowest BCUT2D eigenvalue weighted by Gasteiger charge is -2.40. The number of nitrogens with zero attached hydrogens (tertiary/aromatic N) is 20. The number of rotatable bonds is 16. The van der Waals surface area contributed by atoms with Crippen LogP contribution in [0.15, 0.2) is 0 Å². The molecule has 1 aliphatic carbocycles. The van der Waals surface area contributed by atoms with Crippen molar-refractivity contribution in [3.05, 3.63) is 0 Å². The molecule has 4 unspecified atom stereocenters. The van der Waals surface area contributed by atoms with Gasteiger partial charge in [-0.25, -0.2) is 23.6 Å². The van der Waals surface area contributed by atoms with E-state index in [1.54, 1.807) is 12.0 Å². The first kappa shape index (κ1) is 119. The van der Waals surface area contributed by atoms with Crippen LogP contribution in [0.3, 0.4) is 0 Å². The van der Waals surface area contributed by atoms with Crippen molar-refractivity contribution in [1.82, 2.24) is 109 Å². The summed E-state index contributed by atoms with van der Waals surface area (Å²) in [6.07, 6.45) is 19.7. The third-order valence-electron chi connectivity index (χ3n) is 32.3. The van der Waals surface area contributed by atoms with E-state index in [2.05, 4.69) is 184 Å². The van der Waals surface area contributed by atoms with Gasteiger partial charge in [0.2, 0.25) is 17.7 Å². The molecule has 15 heterocycles. The molecule has 16 aliphatic rings. The lowest BCUT2D eigenvalue weighted by molar-refractivity contribution is -0.143. The van der Waals surface area contributed by atoms with Gasteiger partial charge in [-0.2, -0.15) is 0 Å². The number of piperazine rings is 8. The Balaban J connectivity index is 0.000000180. The second-order valence-corrected chi connectivity index (χ2v) is 45.1. The zero-order valence-electron chi connectivity index (χ0n) is 92.3. The van der Waals surface area contributed by atoms with E-state index in [9.17, 15) is 42.7 Å². The van der Waals surface area contributed by atoms with Gasteiger partial charge in [-0.1, -0.05) is 25.7 Å². The third kappa shape index (κ3) is 39.4. The highest BCUT2D eigenvalue weighted by atomic mass is 19.1. The molecule has 15 saturated heterocycles. The predicted octanol–water partition coefficient (Wildman–Crippen LogP) is 9.97. The van der Waals surface area contributed by atoms with Gasteiger partial charge in [-0.3, -0.25) is 58.4 Å². The number of hydrogen-bond donors (Lipinski definition) is 2. The Morgan fingerprint density at radius 1 is 0.284 bits per heavy atom. The van der Waals surface area contributed by atoms with Gasteiger partial charge >= 0.3 is 24.1 Å². The van der Waals surface area contributed by atoms with Crippen LogP contribution >= 0.6 is 0 Å². The average molecular weight is 1990 g/mol. The van der Waals surface area contributed by atoms with Gasteiger partial charge in [0, 0.05) is 342 Å². The van der Waals surface area contributed by atoms with Crippen molar-refractivity contribution < 1.29 is 57.0 Å². The third-order valence-corrected chi connectivity index (χ3v) is 32.3. The quantitative estimate of drug-likeness (QED) is 0.146. The number of halogens is 1. The zero-order chi connectivity index (χ0) is 102. The van der Waals surface area contributed by atoms with E-state index >= 15 is 0 Å². The molecule has 1 saturated carbocycles. The molecule has 16 rings (SSSR count). The predicted molar refractivity (Wildman–Crippen MR) is 564 cm³/mol. The number of likely N-dealkylation sites (tertiary alicyclic amines) is 4. The number of carbonyl (C=O) groups excluding carboxylic acids is 8. The molecule has 16 fully saturated rings. The van der Waals surface area contributed by atoms with Gasteiger partial charge in [0.25, 0.3) is 5.91 Å². The van der Waals surface area contributed by atoms with Crippen molar-refractivity contribution in [3.8, 4) is 0 Å². The molecule has 814 valence electrons. The molecule has 0 spiro atoms. The summed E-state index contributed by atoms with van der Waals surface area (Å²) < 4.78 is 29.5. The second-order valence-electron chi connectivity index (χ2n) is 45.1. The topological polar surface area (TPSA) is 253 Å². The summed E-state index contributed by atoms with van der Waals surface area (Å²) >= 11 is 0. The van der Waals surface area contributed by atoms with E-state index in [-0.39, 0.29) is 60.3 Å². The summed E-state index contributed by atoms with van der Waals surface area (Å²) in [6, 6.07) is 5.58. The number of nitrogens with one attached hydrogen (secondary N) is 2. The Bertz CT molecular complexity index is 3290. The standard InChI is InChI=1S/C15H29N3O2.C14H27N3O2.C14H26N2O.C13H24FN3O.3C13H25N3O.C12H22N2O2/c1-12(2)16-7-9-17(10-8-16)15(19)18-6-5-14(11-18)20-13(3)4;1-12(2)15-6-8-16(9-7-15)14(18)17-5-4-13(10-17)11-19-3;1-12(2)15-8-10-16(11-9-15)14(17)13-6-4-3-5-7-13;1-11(2)15-7-9-17(10-8-15)13(18)16-5-3-12(14)4-6-16;1-11(2)15-7-9-16(10-8-15)13(17)12-3-5-14-6-4-12;1-11(2)15-7-9-16(10-8-15)13(17)12-5-3-4-6-14-12;1-12(2)14-8-10-16(11-9-14)13(17)15-6-4-3-5-7-15;1-10(2)13-5-7-14(8-6-13)12(15)11-4-3-9-16-11/h12-14H,5-11H2,1-4H3;12-13H,4-11H2,1-3H3;12-13H,3-11H2,1-2H3;11-12H,3-10H2,1-2H3;2*11-12,14H,3-10H2,1-2H3;12H,3-11H2,1-2H3;10-11H,3-9H2,1-2H3. The molecule has 2 N–H and O–H groups in total. The molecule has 0 bridgehead atoms. The average Bonchev–Trinajstić information content (AvgIpc) is 1.61. The summed E-state index contributed by atoms with van der Waals surface area (Å²) in [4.78, 5) is 142. The van der Waals surface area contributed by atoms with Crippen molar-refractivity contribution in [2.75, 3.05) is 302 Å². The normalized spacial score (nSPS) is 25.1. The SMILES string of the molecule is CC(C)N1CCN(C(=O)C2CCCCC2)CC1.CC(C)N1CCN(C(=O)C2CCCCN2)CC1.CC(C)N1CCN(C(=O)C2CCCO2)CC1.CC(C)N1CCN(C(=O)C2CCNCC2)CC1.CC(C)N1CCN(C(=O)N2CCC(F)CC2)CC1.CC(C)N1CCN(C(=O)N2CCCCC2)CC1.CC(C)OC1CCN(C(=O)N2CCN(C(C)C)CC2)C1.COCC1CCN(C(=O)N2CCN(C(C)C)CC2)C1. The molecule has 4 atom stereocenters. The molecular formula is C107H203FN22O11. The van der Waals surface area contributed by atoms with E-state index in [0.29, 0.717) is 104 Å². The Kier molecular flexibility index (Phi) is 52.8. The van der Waals surface area contributed by atoms with Crippen LogP contribution in [0.1, 0.15) is 247 Å². The van der Waals surface area contributed by atoms with Crippen LogP contribution in [0.4, 0.5) is 23.6 Å². The first-order valence-corrected chi connectivity index (χ1v) is 56.6. The van der Waals surface area contributed by atoms with Gasteiger partial charge in [-0.15, -0.1) is 0 Å². The van der Waals surface area contributed by atoms with Crippen LogP contribution in [-0.2, 0) is 33.4 Å². The van der Waals surface area contributed by atoms with Gasteiger partial charge in [0.1, 0.15) is 12.3 Å². The number of piperidine rings is 4. The molecule has 0 aromatic rings. The van der Waals surface area contributed by atoms with E-state index in [4.69, 9.17) is 14.2 Å². The molecule has 12 amide bonds. The Morgan fingerprint density at radius 2 is 0.589 bits per heavy atom. The number of hydrogen-bond acceptors (Lipinski definition) is 21. The Morgan fingerprint density at radius 3 is 0.929 bits per heavy atom. The van der Waals surface area contributed by atoms with Crippen molar-refractivity contribution in [3.63, 3.8) is 0 Å². The minimum atomic E-state index is -0.716. The summed E-state index contributed by atoms with van der Waals surface area (Å²) in [7, 11) is 1.73.